The largest absolute Gasteiger partial charge is 0.497 e. The second kappa shape index (κ2) is 39.3. The Hall–Kier alpha value is -16.8. The van der Waals surface area contributed by atoms with Crippen molar-refractivity contribution < 1.29 is 79.8 Å². The van der Waals surface area contributed by atoms with Gasteiger partial charge >= 0.3 is 6.61 Å². The number of aryl methyl sites for hydroxylation is 4. The highest BCUT2D eigenvalue weighted by atomic mass is 19.3. The highest BCUT2D eigenvalue weighted by Crippen LogP contribution is 2.40. The minimum absolute atomic E-state index is 0.00246. The molecule has 1 aliphatic rings. The number of pyridine rings is 5. The topological polar surface area (TPSA) is 322 Å². The Morgan fingerprint density at radius 1 is 0.353 bits per heavy atom. The Morgan fingerprint density at radius 3 is 0.956 bits per heavy atom. The van der Waals surface area contributed by atoms with Crippen molar-refractivity contribution >= 4 is 76.8 Å². The van der Waals surface area contributed by atoms with Gasteiger partial charge in [-0.1, -0.05) is 60.2 Å². The number of halogens is 10. The molecule has 0 amide bonds. The van der Waals surface area contributed by atoms with Gasteiger partial charge in [0.1, 0.15) is 61.4 Å². The summed E-state index contributed by atoms with van der Waals surface area (Å²) in [5.41, 5.74) is 9.69. The molecule has 30 nitrogen and oxygen atoms in total. The first-order chi connectivity index (χ1) is 66.5. The van der Waals surface area contributed by atoms with E-state index < -0.39 is 88.0 Å². The van der Waals surface area contributed by atoms with Crippen LogP contribution >= 0.6 is 0 Å². The van der Waals surface area contributed by atoms with Crippen molar-refractivity contribution in [2.45, 2.75) is 58.0 Å². The number of aromatic nitrogens is 19. The highest BCUT2D eigenvalue weighted by molar-refractivity contribution is 5.95. The van der Waals surface area contributed by atoms with Crippen molar-refractivity contribution in [2.75, 3.05) is 40.6 Å². The maximum atomic E-state index is 13.8. The summed E-state index contributed by atoms with van der Waals surface area (Å²) in [4.78, 5) is 76.5. The third-order valence-electron chi connectivity index (χ3n) is 21.1. The fraction of sp³-hybridized carbons (Fsp3) is 0.188. The molecule has 0 bridgehead atoms. The lowest BCUT2D eigenvalue weighted by Crippen LogP contribution is -2.24. The number of rotatable bonds is 25. The van der Waals surface area contributed by atoms with Crippen molar-refractivity contribution in [2.24, 2.45) is 21.1 Å². The summed E-state index contributed by atoms with van der Waals surface area (Å²) in [5, 5.41) is 33.5. The van der Waals surface area contributed by atoms with Gasteiger partial charge in [0.25, 0.3) is 47.9 Å². The first-order valence-electron chi connectivity index (χ1n) is 42.7. The molecule has 19 aromatic rings. The van der Waals surface area contributed by atoms with Crippen LogP contribution in [0.15, 0.2) is 256 Å². The summed E-state index contributed by atoms with van der Waals surface area (Å²) in [7, 11) is 5.49. The van der Waals surface area contributed by atoms with Crippen molar-refractivity contribution in [3.05, 3.63) is 290 Å². The summed E-state index contributed by atoms with van der Waals surface area (Å²) >= 11 is 0. The lowest BCUT2D eigenvalue weighted by atomic mass is 10.1. The summed E-state index contributed by atoms with van der Waals surface area (Å²) < 4.78 is 186. The third kappa shape index (κ3) is 20.3. The number of fused-ring (bicyclic) bond motifs is 7. The molecular formula is C96H75F10N19O11. The molecule has 0 N–H and O–H groups in total. The van der Waals surface area contributed by atoms with E-state index in [0.29, 0.717) is 78.7 Å². The SMILES string of the molecule is COc1ccc(-c2c(=O)n(-c3ccc4nn(C)cc4c3)nc3ccc(OCC(F)F)nc23)cc1.Cc1ccc(-n2nc3ccc(OCC(F)F)nc3c(-c3ccc(OC(F)F)cc3)c2=O)cc1.Cn1cc2cc(-n3nc4ccc(OCC(F)F)nc4c(-c4ccc(C5CC5)nc4)c3=O)ccc2n1.[2H]C([2H])Oc1ccc(-c2c(=O)n(-c3ccc4nn(C)cc4c3)nc3ccc(OCC(F)F)nc23)cc1. The molecule has 0 radical (unpaired) electrons. The van der Waals surface area contributed by atoms with Crippen LogP contribution in [0.5, 0.6) is 40.8 Å². The van der Waals surface area contributed by atoms with E-state index in [9.17, 15) is 63.1 Å². The molecule has 0 saturated heterocycles. The monoisotopic (exact) mass is 1860 g/mol. The van der Waals surface area contributed by atoms with Gasteiger partial charge in [-0.15, -0.1) is 0 Å². The number of ether oxygens (including phenoxy) is 7. The molecule has 1 aliphatic carbocycles. The number of nitrogens with zero attached hydrogens (tertiary/aromatic N) is 19. The van der Waals surface area contributed by atoms with Crippen LogP contribution < -0.4 is 55.4 Å². The Bertz CT molecular complexity index is 8000. The number of hydrogen-bond donors (Lipinski definition) is 0. The van der Waals surface area contributed by atoms with E-state index >= 15 is 0 Å². The quantitative estimate of drug-likeness (QED) is 0.0480. The zero-order valence-corrected chi connectivity index (χ0v) is 72.1. The van der Waals surface area contributed by atoms with Gasteiger partial charge in [0.15, 0.2) is 26.4 Å². The Morgan fingerprint density at radius 2 is 0.654 bits per heavy atom. The molecule has 136 heavy (non-hydrogen) atoms. The Labute approximate surface area is 764 Å². The van der Waals surface area contributed by atoms with Gasteiger partial charge in [0.2, 0.25) is 23.5 Å². The maximum absolute atomic E-state index is 13.8. The first kappa shape index (κ1) is 88.4. The summed E-state index contributed by atoms with van der Waals surface area (Å²) in [5.74, 6) is 1.10. The average molecular weight is 1860 g/mol. The summed E-state index contributed by atoms with van der Waals surface area (Å²) in [6, 6.07) is 57.6. The van der Waals surface area contributed by atoms with Crippen molar-refractivity contribution in [1.82, 2.24) is 93.4 Å². The van der Waals surface area contributed by atoms with Crippen LogP contribution in [0.1, 0.15) is 32.8 Å². The van der Waals surface area contributed by atoms with E-state index in [1.54, 1.807) is 131 Å². The molecule has 12 heterocycles. The zero-order chi connectivity index (χ0) is 96.9. The second-order valence-corrected chi connectivity index (χ2v) is 30.7. The second-order valence-electron chi connectivity index (χ2n) is 30.7. The lowest BCUT2D eigenvalue weighted by molar-refractivity contribution is -0.0498. The smallest absolute Gasteiger partial charge is 0.387 e. The number of benzene rings is 7. The maximum Gasteiger partial charge on any atom is 0.387 e. The molecule has 0 spiro atoms. The van der Waals surface area contributed by atoms with Crippen LogP contribution in [0.2, 0.25) is 0 Å². The average Bonchev–Trinajstić information content (AvgIpc) is 1.000. The van der Waals surface area contributed by atoms with Gasteiger partial charge in [0, 0.05) is 104 Å². The van der Waals surface area contributed by atoms with Gasteiger partial charge in [-0.25, -0.2) is 55.1 Å². The normalized spacial score (nSPS) is 12.2. The van der Waals surface area contributed by atoms with Gasteiger partial charge < -0.3 is 33.2 Å². The Balaban J connectivity index is 0.000000127. The van der Waals surface area contributed by atoms with Crippen LogP contribution in [-0.4, -0.2) is 166 Å². The van der Waals surface area contributed by atoms with Gasteiger partial charge in [-0.3, -0.25) is 38.2 Å². The fourth-order valence-corrected chi connectivity index (χ4v) is 14.8. The van der Waals surface area contributed by atoms with E-state index in [-0.39, 0.29) is 79.3 Å². The van der Waals surface area contributed by atoms with Crippen LogP contribution in [-0.2, 0) is 21.1 Å². The van der Waals surface area contributed by atoms with Crippen LogP contribution in [0, 0.1) is 6.92 Å². The standard InChI is InChI=1S/C25H20F2N6O2.2C24H19F2N5O3.C23H17F4N3O3/c1-32-12-16-10-17(5-7-19(16)30-32)33-25(34)23(15-4-6-18(28-11-15)14-2-3-14)24-20(31-33)8-9-22(29-24)35-13-21(26)27;2*1-30-12-15-11-16(5-8-18(15)28-30)31-24(32)22(14-3-6-17(33-2)7-4-14)23-19(29-31)9-10-21(27-23)34-13-20(25)26;1-13-2-6-15(7-3-13)30-22(31)20(14-4-8-16(9-5-14)33-23(26)27)21-17(29-30)10-11-19(28-21)32-12-18(24)25/h4-12,14,21H,2-3,13H2,1H3;2*3-12,20H,13H2,1-2H3;2-11,18,23H,12H2,1H3/i;2D2;;. The minimum Gasteiger partial charge on any atom is -0.497 e. The minimum atomic E-state index is -2.99. The number of alkyl halides is 10. The molecule has 40 heteroatoms. The predicted molar refractivity (Wildman–Crippen MR) is 485 cm³/mol. The van der Waals surface area contributed by atoms with Gasteiger partial charge in [-0.05, 0) is 170 Å². The van der Waals surface area contributed by atoms with Crippen molar-refractivity contribution in [3.8, 4) is 108 Å². The predicted octanol–water partition coefficient (Wildman–Crippen LogP) is 17.2. The fourth-order valence-electron chi connectivity index (χ4n) is 14.8. The molecule has 0 aliphatic heterocycles. The summed E-state index contributed by atoms with van der Waals surface area (Å²) in [6.45, 7) is -4.38. The molecular weight excluding hydrogens is 1790 g/mol. The number of methoxy groups -OCH3 is 2. The Kier molecular flexibility index (Phi) is 25.6. The zero-order valence-electron chi connectivity index (χ0n) is 74.1. The van der Waals surface area contributed by atoms with E-state index in [4.69, 9.17) is 31.2 Å². The highest BCUT2D eigenvalue weighted by Gasteiger charge is 2.28. The molecule has 690 valence electrons. The summed E-state index contributed by atoms with van der Waals surface area (Å²) in [6.07, 6.45) is -1.24. The van der Waals surface area contributed by atoms with Crippen molar-refractivity contribution in [1.29, 1.82) is 0 Å². The van der Waals surface area contributed by atoms with E-state index in [1.165, 1.54) is 85.5 Å². The van der Waals surface area contributed by atoms with Crippen LogP contribution in [0.3, 0.4) is 0 Å². The lowest BCUT2D eigenvalue weighted by Gasteiger charge is -2.13. The van der Waals surface area contributed by atoms with Crippen LogP contribution in [0.25, 0.3) is 144 Å². The molecule has 12 aromatic heterocycles. The van der Waals surface area contributed by atoms with E-state index in [0.717, 1.165) is 56.8 Å². The van der Waals surface area contributed by atoms with Gasteiger partial charge in [0.05, 0.1) is 78.5 Å². The van der Waals surface area contributed by atoms with Crippen molar-refractivity contribution in [3.63, 3.8) is 0 Å². The van der Waals surface area contributed by atoms with Crippen LogP contribution in [0.4, 0.5) is 43.9 Å². The third-order valence-corrected chi connectivity index (χ3v) is 21.1. The number of hydrogen-bond acceptors (Lipinski definition) is 23. The molecule has 0 atom stereocenters. The van der Waals surface area contributed by atoms with E-state index in [1.807, 2.05) is 88.1 Å². The first-order valence-corrected chi connectivity index (χ1v) is 41.5. The van der Waals surface area contributed by atoms with E-state index in [2.05, 4.69) is 65.3 Å². The molecule has 0 unspecified atom stereocenters. The van der Waals surface area contributed by atoms with Gasteiger partial charge in [-0.2, -0.15) is 63.2 Å². The molecule has 1 saturated carbocycles. The molecule has 20 rings (SSSR count). The molecule has 1 fully saturated rings. The molecule has 7 aromatic carbocycles.